The van der Waals surface area contributed by atoms with Crippen molar-refractivity contribution in [3.63, 3.8) is 0 Å². The van der Waals surface area contributed by atoms with Gasteiger partial charge in [-0.05, 0) is 55.3 Å². The summed E-state index contributed by atoms with van der Waals surface area (Å²) < 4.78 is 11.4. The van der Waals surface area contributed by atoms with Crippen LogP contribution in [0.4, 0.5) is 5.69 Å². The van der Waals surface area contributed by atoms with Crippen LogP contribution in [0.3, 0.4) is 0 Å². The number of benzene rings is 2. The molecule has 1 atom stereocenters. The Bertz CT molecular complexity index is 868. The lowest BCUT2D eigenvalue weighted by atomic mass is 9.99. The maximum atomic E-state index is 12.1. The molecule has 8 heteroatoms. The second-order valence-electron chi connectivity index (χ2n) is 6.66. The van der Waals surface area contributed by atoms with E-state index in [1.165, 1.54) is 0 Å². The van der Waals surface area contributed by atoms with Crippen molar-refractivity contribution in [3.05, 3.63) is 53.1 Å². The predicted molar refractivity (Wildman–Crippen MR) is 116 cm³/mol. The molecule has 0 aliphatic heterocycles. The largest absolute Gasteiger partial charge is 0.494 e. The van der Waals surface area contributed by atoms with E-state index < -0.39 is 12.0 Å². The third-order valence-electron chi connectivity index (χ3n) is 4.43. The summed E-state index contributed by atoms with van der Waals surface area (Å²) in [4.78, 5) is 12.1. The Balaban J connectivity index is 2.48. The number of carboxylic acids is 1. The molecule has 0 aliphatic carbocycles. The monoisotopic (exact) mass is 415 g/mol. The summed E-state index contributed by atoms with van der Waals surface area (Å²) >= 11 is 0. The molecular weight excluding hydrogens is 386 g/mol. The first-order valence-electron chi connectivity index (χ1n) is 9.88. The molecule has 0 saturated carbocycles. The average Bonchev–Trinajstić information content (AvgIpc) is 2.72. The van der Waals surface area contributed by atoms with E-state index in [0.717, 1.165) is 18.4 Å². The Hall–Kier alpha value is -3.26. The van der Waals surface area contributed by atoms with Gasteiger partial charge >= 0.3 is 5.97 Å². The molecule has 0 spiro atoms. The number of rotatable bonds is 12. The number of aryl methyl sites for hydroxylation is 1. The van der Waals surface area contributed by atoms with Crippen LogP contribution < -0.4 is 20.5 Å². The molecule has 1 unspecified atom stereocenters. The summed E-state index contributed by atoms with van der Waals surface area (Å²) in [5.74, 6) is -0.157. The van der Waals surface area contributed by atoms with E-state index in [-0.39, 0.29) is 19.0 Å². The number of ether oxygens (including phenoxy) is 2. The normalized spacial score (nSPS) is 11.6. The van der Waals surface area contributed by atoms with Crippen molar-refractivity contribution in [2.75, 3.05) is 25.1 Å². The minimum Gasteiger partial charge on any atom is -0.494 e. The van der Waals surface area contributed by atoms with Gasteiger partial charge in [-0.1, -0.05) is 13.3 Å². The number of carboxylic acid groups (broad SMARTS) is 1. The molecule has 162 valence electrons. The molecule has 0 saturated heterocycles. The van der Waals surface area contributed by atoms with E-state index >= 15 is 0 Å². The maximum Gasteiger partial charge on any atom is 0.330 e. The number of amidine groups is 1. The number of aliphatic hydroxyl groups excluding tert-OH is 1. The van der Waals surface area contributed by atoms with Gasteiger partial charge in [0.15, 0.2) is 6.04 Å². The topological polar surface area (TPSA) is 138 Å². The minimum atomic E-state index is -1.11. The van der Waals surface area contributed by atoms with Crippen molar-refractivity contribution < 1.29 is 24.5 Å². The van der Waals surface area contributed by atoms with E-state index in [4.69, 9.17) is 20.6 Å². The summed E-state index contributed by atoms with van der Waals surface area (Å²) in [6, 6.07) is 8.97. The highest BCUT2D eigenvalue weighted by atomic mass is 16.5. The van der Waals surface area contributed by atoms with Gasteiger partial charge < -0.3 is 30.7 Å². The number of aliphatic carboxylic acids is 1. The third kappa shape index (κ3) is 5.87. The summed E-state index contributed by atoms with van der Waals surface area (Å²) in [5, 5.41) is 29.5. The van der Waals surface area contributed by atoms with Crippen LogP contribution in [0.15, 0.2) is 36.4 Å². The molecule has 2 rings (SSSR count). The van der Waals surface area contributed by atoms with Crippen molar-refractivity contribution in [3.8, 4) is 11.5 Å². The minimum absolute atomic E-state index is 0.0478. The number of hydrogen-bond donors (Lipinski definition) is 5. The Morgan fingerprint density at radius 1 is 1.17 bits per heavy atom. The number of nitrogens with two attached hydrogens (primary N) is 1. The fourth-order valence-corrected chi connectivity index (χ4v) is 3.06. The van der Waals surface area contributed by atoms with Crippen LogP contribution in [0, 0.1) is 5.41 Å². The predicted octanol–water partition coefficient (Wildman–Crippen LogP) is 2.93. The second-order valence-corrected chi connectivity index (χ2v) is 6.66. The van der Waals surface area contributed by atoms with Crippen molar-refractivity contribution in [1.82, 2.24) is 0 Å². The van der Waals surface area contributed by atoms with Crippen LogP contribution in [0.5, 0.6) is 11.5 Å². The average molecular weight is 415 g/mol. The molecule has 0 heterocycles. The Morgan fingerprint density at radius 3 is 2.40 bits per heavy atom. The van der Waals surface area contributed by atoms with Gasteiger partial charge in [-0.3, -0.25) is 5.41 Å². The van der Waals surface area contributed by atoms with Gasteiger partial charge in [-0.2, -0.15) is 0 Å². The number of nitrogens with one attached hydrogen (secondary N) is 2. The molecule has 2 aromatic carbocycles. The van der Waals surface area contributed by atoms with E-state index in [1.807, 2.05) is 13.8 Å². The first kappa shape index (κ1) is 23.0. The van der Waals surface area contributed by atoms with Crippen LogP contribution in [-0.4, -0.2) is 41.8 Å². The van der Waals surface area contributed by atoms with Gasteiger partial charge in [0.1, 0.15) is 23.9 Å². The Morgan fingerprint density at radius 2 is 1.87 bits per heavy atom. The molecule has 2 aromatic rings. The number of carbonyl (C=O) groups is 1. The fourth-order valence-electron chi connectivity index (χ4n) is 3.06. The lowest BCUT2D eigenvalue weighted by molar-refractivity contribution is -0.138. The van der Waals surface area contributed by atoms with E-state index in [9.17, 15) is 15.0 Å². The molecular formula is C22H29N3O5. The summed E-state index contributed by atoms with van der Waals surface area (Å²) in [6.45, 7) is 4.23. The fraction of sp³-hybridized carbons (Fsp3) is 0.364. The maximum absolute atomic E-state index is 12.1. The number of nitrogen functional groups attached to an aromatic ring is 1. The van der Waals surface area contributed by atoms with Gasteiger partial charge in [0.05, 0.1) is 13.2 Å². The first-order chi connectivity index (χ1) is 14.4. The lowest BCUT2D eigenvalue weighted by Crippen LogP contribution is -2.22. The van der Waals surface area contributed by atoms with Crippen LogP contribution >= 0.6 is 0 Å². The Labute approximate surface area is 176 Å². The van der Waals surface area contributed by atoms with Crippen molar-refractivity contribution >= 4 is 17.5 Å². The number of hydrogen-bond acceptors (Lipinski definition) is 6. The van der Waals surface area contributed by atoms with Gasteiger partial charge in [0.25, 0.3) is 0 Å². The van der Waals surface area contributed by atoms with Gasteiger partial charge in [0, 0.05) is 16.8 Å². The second kappa shape index (κ2) is 11.1. The molecule has 0 aromatic heterocycles. The molecule has 0 radical (unpaired) electrons. The molecule has 0 aliphatic rings. The molecule has 0 amide bonds. The smallest absolute Gasteiger partial charge is 0.330 e. The highest BCUT2D eigenvalue weighted by Crippen LogP contribution is 2.35. The van der Waals surface area contributed by atoms with Crippen molar-refractivity contribution in [2.24, 2.45) is 5.73 Å². The number of aliphatic hydroxyl groups is 1. The van der Waals surface area contributed by atoms with Gasteiger partial charge in [-0.25, -0.2) is 4.79 Å². The molecule has 0 bridgehead atoms. The van der Waals surface area contributed by atoms with Crippen molar-refractivity contribution in [1.29, 1.82) is 5.41 Å². The van der Waals surface area contributed by atoms with Crippen LogP contribution in [0.2, 0.25) is 0 Å². The van der Waals surface area contributed by atoms with E-state index in [0.29, 0.717) is 34.9 Å². The highest BCUT2D eigenvalue weighted by molar-refractivity contribution is 5.95. The molecule has 6 N–H and O–H groups in total. The molecule has 0 fully saturated rings. The van der Waals surface area contributed by atoms with Crippen LogP contribution in [0.1, 0.15) is 43.0 Å². The lowest BCUT2D eigenvalue weighted by Gasteiger charge is -2.22. The van der Waals surface area contributed by atoms with E-state index in [2.05, 4.69) is 5.32 Å². The molecule has 30 heavy (non-hydrogen) atoms. The first-order valence-corrected chi connectivity index (χ1v) is 9.88. The highest BCUT2D eigenvalue weighted by Gasteiger charge is 2.26. The summed E-state index contributed by atoms with van der Waals surface area (Å²) in [7, 11) is 0. The number of anilines is 1. The van der Waals surface area contributed by atoms with Gasteiger partial charge in [-0.15, -0.1) is 0 Å². The zero-order chi connectivity index (χ0) is 22.1. The third-order valence-corrected chi connectivity index (χ3v) is 4.43. The molecule has 8 nitrogen and oxygen atoms in total. The van der Waals surface area contributed by atoms with Crippen molar-refractivity contribution in [2.45, 2.75) is 32.7 Å². The quantitative estimate of drug-likeness (QED) is 0.265. The standard InChI is InChI=1S/C22H29N3O5/c1-3-5-15-12-19(30-11-10-26)17(13-18(15)29-4-2)20(22(27)28)25-16-8-6-14(7-9-16)21(23)24/h6-9,12-13,20,25-26H,3-5,10-11H2,1-2H3,(H3,23,24)(H,27,28). The SMILES string of the molecule is CCCc1cc(OCCO)c(C(Nc2ccc(C(=N)N)cc2)C(=O)O)cc1OCC. The Kier molecular flexibility index (Phi) is 8.49. The van der Waals surface area contributed by atoms with Crippen LogP contribution in [-0.2, 0) is 11.2 Å². The van der Waals surface area contributed by atoms with Gasteiger partial charge in [0.2, 0.25) is 0 Å². The summed E-state index contributed by atoms with van der Waals surface area (Å²) in [5.41, 5.74) is 7.89. The zero-order valence-corrected chi connectivity index (χ0v) is 17.3. The summed E-state index contributed by atoms with van der Waals surface area (Å²) in [6.07, 6.45) is 1.64. The zero-order valence-electron chi connectivity index (χ0n) is 17.3. The van der Waals surface area contributed by atoms with E-state index in [1.54, 1.807) is 36.4 Å². The van der Waals surface area contributed by atoms with Crippen LogP contribution in [0.25, 0.3) is 0 Å².